The van der Waals surface area contributed by atoms with Gasteiger partial charge in [-0.05, 0) is 30.3 Å². The van der Waals surface area contributed by atoms with E-state index in [9.17, 15) is 20.1 Å². The highest BCUT2D eigenvalue weighted by Crippen LogP contribution is 2.44. The van der Waals surface area contributed by atoms with E-state index in [2.05, 4.69) is 0 Å². The molecule has 5 nitrogen and oxygen atoms in total. The highest BCUT2D eigenvalue weighted by Gasteiger charge is 2.30. The average Bonchev–Trinajstić information content (AvgIpc) is 2.48. The number of hydrogen-bond acceptors (Lipinski definition) is 5. The molecule has 0 bridgehead atoms. The van der Waals surface area contributed by atoms with Crippen LogP contribution in [0.5, 0.6) is 17.2 Å². The number of carbonyl (C=O) groups is 1. The van der Waals surface area contributed by atoms with Crippen molar-refractivity contribution in [1.82, 2.24) is 0 Å². The Morgan fingerprint density at radius 1 is 1.05 bits per heavy atom. The van der Waals surface area contributed by atoms with E-state index in [1.807, 2.05) is 0 Å². The molecule has 6 heteroatoms. The molecule has 0 radical (unpaired) electrons. The van der Waals surface area contributed by atoms with Gasteiger partial charge in [0.2, 0.25) is 0 Å². The van der Waals surface area contributed by atoms with Crippen molar-refractivity contribution in [3.8, 4) is 17.2 Å². The third-order valence-corrected chi connectivity index (χ3v) is 3.83. The number of fused-ring (bicyclic) bond motifs is 1. The topological polar surface area (TPSA) is 81.0 Å². The van der Waals surface area contributed by atoms with Crippen LogP contribution >= 0.6 is 11.6 Å². The first-order valence-corrected chi connectivity index (χ1v) is 6.85. The van der Waals surface area contributed by atoms with Gasteiger partial charge in [0.05, 0.1) is 5.03 Å². The number of halogens is 1. The Kier molecular flexibility index (Phi) is 3.42. The molecule has 0 aromatic heterocycles. The molecular formula is C16H12ClNO4. The fourth-order valence-corrected chi connectivity index (χ4v) is 2.80. The van der Waals surface area contributed by atoms with E-state index >= 15 is 0 Å². The lowest BCUT2D eigenvalue weighted by molar-refractivity contribution is -0.109. The van der Waals surface area contributed by atoms with Crippen LogP contribution in [-0.4, -0.2) is 21.6 Å². The molecule has 0 spiro atoms. The zero-order valence-electron chi connectivity index (χ0n) is 11.3. The number of rotatable bonds is 2. The summed E-state index contributed by atoms with van der Waals surface area (Å²) in [7, 11) is 0. The van der Waals surface area contributed by atoms with E-state index in [-0.39, 0.29) is 22.3 Å². The summed E-state index contributed by atoms with van der Waals surface area (Å²) in [5.41, 5.74) is 1.37. The zero-order chi connectivity index (χ0) is 15.9. The smallest absolute Gasteiger partial charge is 0.147 e. The number of nitrogens with zero attached hydrogens (tertiary/aromatic N) is 1. The van der Waals surface area contributed by atoms with E-state index in [1.165, 1.54) is 24.3 Å². The standard InChI is InChI=1S/C16H12ClNO4/c17-13-7-18(9-1-3-10(20)4-2-9)14(8-19)16-12(13)5-11(21)6-15(16)22/h1-8,14,20-22H. The van der Waals surface area contributed by atoms with Crippen molar-refractivity contribution in [3.63, 3.8) is 0 Å². The Bertz CT molecular complexity index is 770. The van der Waals surface area contributed by atoms with E-state index in [4.69, 9.17) is 11.6 Å². The summed E-state index contributed by atoms with van der Waals surface area (Å²) in [4.78, 5) is 13.2. The summed E-state index contributed by atoms with van der Waals surface area (Å²) in [6, 6.07) is 8.03. The van der Waals surface area contributed by atoms with Gasteiger partial charge in [0, 0.05) is 29.1 Å². The lowest BCUT2D eigenvalue weighted by Crippen LogP contribution is -2.28. The van der Waals surface area contributed by atoms with Crippen LogP contribution in [0.15, 0.2) is 42.6 Å². The fourth-order valence-electron chi connectivity index (χ4n) is 2.54. The zero-order valence-corrected chi connectivity index (χ0v) is 12.0. The van der Waals surface area contributed by atoms with Crippen molar-refractivity contribution >= 4 is 28.6 Å². The maximum absolute atomic E-state index is 11.6. The molecule has 1 aliphatic heterocycles. The number of aldehydes is 1. The Labute approximate surface area is 131 Å². The molecule has 2 aromatic rings. The summed E-state index contributed by atoms with van der Waals surface area (Å²) in [6.45, 7) is 0. The first kappa shape index (κ1) is 14.3. The molecule has 0 saturated carbocycles. The molecule has 0 aliphatic carbocycles. The molecule has 22 heavy (non-hydrogen) atoms. The fraction of sp³-hybridized carbons (Fsp3) is 0.0625. The molecule has 0 amide bonds. The van der Waals surface area contributed by atoms with Gasteiger partial charge in [-0.1, -0.05) is 11.6 Å². The van der Waals surface area contributed by atoms with Crippen molar-refractivity contribution in [2.24, 2.45) is 0 Å². The highest BCUT2D eigenvalue weighted by atomic mass is 35.5. The summed E-state index contributed by atoms with van der Waals surface area (Å²) in [5.74, 6) is -0.237. The van der Waals surface area contributed by atoms with Crippen LogP contribution in [0.2, 0.25) is 0 Å². The number of aromatic hydroxyl groups is 3. The summed E-state index contributed by atoms with van der Waals surface area (Å²) < 4.78 is 0. The van der Waals surface area contributed by atoms with Gasteiger partial charge in [0.15, 0.2) is 0 Å². The third-order valence-electron chi connectivity index (χ3n) is 3.52. The minimum absolute atomic E-state index is 0.103. The number of phenols is 3. The van der Waals surface area contributed by atoms with Gasteiger partial charge in [0.1, 0.15) is 29.6 Å². The Morgan fingerprint density at radius 3 is 2.36 bits per heavy atom. The molecule has 0 saturated heterocycles. The van der Waals surface area contributed by atoms with E-state index in [0.29, 0.717) is 23.1 Å². The van der Waals surface area contributed by atoms with Crippen LogP contribution in [0.4, 0.5) is 5.69 Å². The molecule has 1 aliphatic rings. The quantitative estimate of drug-likeness (QED) is 0.742. The summed E-state index contributed by atoms with van der Waals surface area (Å²) in [5, 5.41) is 29.3. The maximum Gasteiger partial charge on any atom is 0.147 e. The summed E-state index contributed by atoms with van der Waals surface area (Å²) >= 11 is 6.22. The molecule has 2 aromatic carbocycles. The van der Waals surface area contributed by atoms with Crippen molar-refractivity contribution < 1.29 is 20.1 Å². The van der Waals surface area contributed by atoms with Crippen LogP contribution in [0, 0.1) is 0 Å². The number of hydrogen-bond donors (Lipinski definition) is 3. The summed E-state index contributed by atoms with van der Waals surface area (Å²) in [6.07, 6.45) is 2.23. The van der Waals surface area contributed by atoms with Gasteiger partial charge in [-0.15, -0.1) is 0 Å². The SMILES string of the molecule is O=CC1c2c(O)cc(O)cc2C(Cl)=CN1c1ccc(O)cc1. The van der Waals surface area contributed by atoms with Crippen molar-refractivity contribution in [3.05, 3.63) is 53.7 Å². The third kappa shape index (κ3) is 2.25. The second-order valence-electron chi connectivity index (χ2n) is 4.91. The number of anilines is 1. The van der Waals surface area contributed by atoms with Crippen molar-refractivity contribution in [2.45, 2.75) is 6.04 Å². The Balaban J connectivity index is 2.17. The second kappa shape index (κ2) is 5.27. The second-order valence-corrected chi connectivity index (χ2v) is 5.31. The van der Waals surface area contributed by atoms with Gasteiger partial charge in [0.25, 0.3) is 0 Å². The van der Waals surface area contributed by atoms with E-state index in [0.717, 1.165) is 0 Å². The molecule has 0 fully saturated rings. The lowest BCUT2D eigenvalue weighted by Gasteiger charge is -2.33. The highest BCUT2D eigenvalue weighted by molar-refractivity contribution is 6.49. The predicted octanol–water partition coefficient (Wildman–Crippen LogP) is 3.10. The van der Waals surface area contributed by atoms with E-state index < -0.39 is 6.04 Å². The first-order valence-electron chi connectivity index (χ1n) is 6.47. The van der Waals surface area contributed by atoms with Gasteiger partial charge in [-0.2, -0.15) is 0 Å². The minimum Gasteiger partial charge on any atom is -0.508 e. The van der Waals surface area contributed by atoms with Gasteiger partial charge in [-0.3, -0.25) is 0 Å². The van der Waals surface area contributed by atoms with Crippen LogP contribution in [0.3, 0.4) is 0 Å². The van der Waals surface area contributed by atoms with E-state index in [1.54, 1.807) is 23.2 Å². The molecule has 3 N–H and O–H groups in total. The normalized spacial score (nSPS) is 16.9. The first-order chi connectivity index (χ1) is 10.5. The minimum atomic E-state index is -0.789. The molecule has 1 atom stereocenters. The van der Waals surface area contributed by atoms with Gasteiger partial charge < -0.3 is 25.0 Å². The maximum atomic E-state index is 11.6. The van der Waals surface area contributed by atoms with Gasteiger partial charge in [-0.25, -0.2) is 0 Å². The van der Waals surface area contributed by atoms with Gasteiger partial charge >= 0.3 is 0 Å². The molecular weight excluding hydrogens is 306 g/mol. The molecule has 1 heterocycles. The lowest BCUT2D eigenvalue weighted by atomic mass is 9.94. The monoisotopic (exact) mass is 317 g/mol. The Hall–Kier alpha value is -2.66. The molecule has 1 unspecified atom stereocenters. The van der Waals surface area contributed by atoms with Crippen molar-refractivity contribution in [1.29, 1.82) is 0 Å². The van der Waals surface area contributed by atoms with Crippen LogP contribution in [0.25, 0.3) is 5.03 Å². The van der Waals surface area contributed by atoms with Crippen molar-refractivity contribution in [2.75, 3.05) is 4.90 Å². The molecule has 3 rings (SSSR count). The average molecular weight is 318 g/mol. The number of phenolic OH excluding ortho intramolecular Hbond substituents is 3. The van der Waals surface area contributed by atoms with Crippen LogP contribution < -0.4 is 4.90 Å². The molecule has 112 valence electrons. The predicted molar refractivity (Wildman–Crippen MR) is 83.0 cm³/mol. The van der Waals surface area contributed by atoms with Crippen LogP contribution in [0.1, 0.15) is 17.2 Å². The number of benzene rings is 2. The Morgan fingerprint density at radius 2 is 1.73 bits per heavy atom. The number of carbonyl (C=O) groups excluding carboxylic acids is 1. The largest absolute Gasteiger partial charge is 0.508 e. The van der Waals surface area contributed by atoms with Crippen LogP contribution in [-0.2, 0) is 4.79 Å².